The van der Waals surface area contributed by atoms with Gasteiger partial charge in [0.25, 0.3) is 11.6 Å². The largest absolute Gasteiger partial charge is 0.457 e. The molecular formula is C23H17ClN2O6. The molecule has 0 saturated carbocycles. The van der Waals surface area contributed by atoms with Gasteiger partial charge in [-0.1, -0.05) is 48.0 Å². The van der Waals surface area contributed by atoms with E-state index in [2.05, 4.69) is 5.32 Å². The maximum absolute atomic E-state index is 13.1. The maximum atomic E-state index is 13.1. The van der Waals surface area contributed by atoms with E-state index in [1.54, 1.807) is 48.5 Å². The molecule has 1 aliphatic heterocycles. The second-order valence-electron chi connectivity index (χ2n) is 7.10. The van der Waals surface area contributed by atoms with Gasteiger partial charge in [0.05, 0.1) is 15.6 Å². The lowest BCUT2D eigenvalue weighted by atomic mass is 9.88. The Morgan fingerprint density at radius 2 is 1.66 bits per heavy atom. The molecule has 0 saturated heterocycles. The number of rotatable bonds is 5. The van der Waals surface area contributed by atoms with Crippen LogP contribution in [0.25, 0.3) is 0 Å². The minimum atomic E-state index is -1.18. The van der Waals surface area contributed by atoms with Gasteiger partial charge in [-0.15, -0.1) is 0 Å². The van der Waals surface area contributed by atoms with E-state index in [0.29, 0.717) is 22.6 Å². The van der Waals surface area contributed by atoms with Crippen LogP contribution in [0.5, 0.6) is 11.5 Å². The molecule has 1 aliphatic rings. The van der Waals surface area contributed by atoms with E-state index >= 15 is 0 Å². The van der Waals surface area contributed by atoms with Crippen molar-refractivity contribution in [1.82, 2.24) is 0 Å². The first-order valence-corrected chi connectivity index (χ1v) is 10.0. The third kappa shape index (κ3) is 4.13. The standard InChI is InChI=1S/C23H17ClN2O6/c1-13(22(27)25-18-12-14(26(29)30)10-11-17(18)24)31-23(28)21-15-6-2-4-8-19(15)32-20-9-5-3-7-16(20)21/h2-13,21H,1H3,(H,25,27). The Morgan fingerprint density at radius 3 is 2.25 bits per heavy atom. The highest BCUT2D eigenvalue weighted by molar-refractivity contribution is 6.33. The molecule has 162 valence electrons. The van der Waals surface area contributed by atoms with E-state index < -0.39 is 28.8 Å². The number of halogens is 1. The fourth-order valence-electron chi connectivity index (χ4n) is 3.42. The number of fused-ring (bicyclic) bond motifs is 2. The average molecular weight is 453 g/mol. The van der Waals surface area contributed by atoms with Gasteiger partial charge in [-0.25, -0.2) is 0 Å². The molecule has 0 aromatic heterocycles. The van der Waals surface area contributed by atoms with Gasteiger partial charge in [-0.05, 0) is 25.1 Å². The minimum Gasteiger partial charge on any atom is -0.457 e. The SMILES string of the molecule is CC(OC(=O)C1c2ccccc2Oc2ccccc21)C(=O)Nc1cc([N+](=O)[O-])ccc1Cl. The van der Waals surface area contributed by atoms with Gasteiger partial charge in [0.1, 0.15) is 17.4 Å². The molecule has 1 atom stereocenters. The first kappa shape index (κ1) is 21.3. The number of carbonyl (C=O) groups excluding carboxylic acids is 2. The van der Waals surface area contributed by atoms with Gasteiger partial charge in [0, 0.05) is 23.3 Å². The summed E-state index contributed by atoms with van der Waals surface area (Å²) in [6.07, 6.45) is -1.18. The molecule has 3 aromatic carbocycles. The fourth-order valence-corrected chi connectivity index (χ4v) is 3.58. The van der Waals surface area contributed by atoms with Crippen molar-refractivity contribution in [3.63, 3.8) is 0 Å². The van der Waals surface area contributed by atoms with Crippen molar-refractivity contribution in [3.05, 3.63) is 93.0 Å². The highest BCUT2D eigenvalue weighted by Gasteiger charge is 2.35. The van der Waals surface area contributed by atoms with Crippen LogP contribution < -0.4 is 10.1 Å². The molecule has 0 fully saturated rings. The summed E-state index contributed by atoms with van der Waals surface area (Å²) in [5.74, 6) is -0.995. The molecule has 0 spiro atoms. The average Bonchev–Trinajstić information content (AvgIpc) is 2.78. The summed E-state index contributed by atoms with van der Waals surface area (Å²) in [7, 11) is 0. The molecule has 1 N–H and O–H groups in total. The van der Waals surface area contributed by atoms with Crippen LogP contribution in [-0.2, 0) is 14.3 Å². The molecule has 0 bridgehead atoms. The molecule has 1 unspecified atom stereocenters. The number of nitrogens with zero attached hydrogens (tertiary/aromatic N) is 1. The van der Waals surface area contributed by atoms with Crippen LogP contribution in [0.2, 0.25) is 5.02 Å². The maximum Gasteiger partial charge on any atom is 0.318 e. The van der Waals surface area contributed by atoms with E-state index in [4.69, 9.17) is 21.1 Å². The molecule has 4 rings (SSSR count). The molecule has 32 heavy (non-hydrogen) atoms. The van der Waals surface area contributed by atoms with Crippen LogP contribution in [0.15, 0.2) is 66.7 Å². The number of nitro groups is 1. The number of nitrogens with one attached hydrogen (secondary N) is 1. The number of nitro benzene ring substituents is 1. The molecular weight excluding hydrogens is 436 g/mol. The van der Waals surface area contributed by atoms with E-state index in [0.717, 1.165) is 6.07 Å². The first-order chi connectivity index (χ1) is 15.3. The Bertz CT molecular complexity index is 1180. The van der Waals surface area contributed by atoms with Crippen molar-refractivity contribution >= 4 is 34.9 Å². The molecule has 1 amide bonds. The van der Waals surface area contributed by atoms with Crippen molar-refractivity contribution in [3.8, 4) is 11.5 Å². The summed E-state index contributed by atoms with van der Waals surface area (Å²) in [4.78, 5) is 36.1. The summed E-state index contributed by atoms with van der Waals surface area (Å²) < 4.78 is 11.3. The monoisotopic (exact) mass is 452 g/mol. The van der Waals surface area contributed by atoms with Gasteiger partial charge >= 0.3 is 5.97 Å². The number of amides is 1. The number of hydrogen-bond acceptors (Lipinski definition) is 6. The lowest BCUT2D eigenvalue weighted by molar-refractivity contribution is -0.384. The second-order valence-corrected chi connectivity index (χ2v) is 7.51. The quantitative estimate of drug-likeness (QED) is 0.329. The van der Waals surface area contributed by atoms with Gasteiger partial charge in [-0.3, -0.25) is 19.7 Å². The van der Waals surface area contributed by atoms with Gasteiger partial charge < -0.3 is 14.8 Å². The zero-order valence-electron chi connectivity index (χ0n) is 16.8. The lowest BCUT2D eigenvalue weighted by Crippen LogP contribution is -2.32. The molecule has 0 radical (unpaired) electrons. The van der Waals surface area contributed by atoms with Crippen molar-refractivity contribution in [2.75, 3.05) is 5.32 Å². The van der Waals surface area contributed by atoms with E-state index in [9.17, 15) is 19.7 Å². The van der Waals surface area contributed by atoms with E-state index in [1.807, 2.05) is 0 Å². The molecule has 9 heteroatoms. The summed E-state index contributed by atoms with van der Waals surface area (Å²) in [5.41, 5.74) is 1.08. The van der Waals surface area contributed by atoms with Crippen LogP contribution in [0.4, 0.5) is 11.4 Å². The van der Waals surface area contributed by atoms with Gasteiger partial charge in [0.2, 0.25) is 0 Å². The number of carbonyl (C=O) groups is 2. The Morgan fingerprint density at radius 1 is 1.06 bits per heavy atom. The van der Waals surface area contributed by atoms with Crippen molar-refractivity contribution in [2.24, 2.45) is 0 Å². The Hall–Kier alpha value is -3.91. The zero-order chi connectivity index (χ0) is 22.8. The van der Waals surface area contributed by atoms with Crippen LogP contribution in [-0.4, -0.2) is 22.9 Å². The van der Waals surface area contributed by atoms with Gasteiger partial charge in [-0.2, -0.15) is 0 Å². The second kappa shape index (κ2) is 8.68. The Labute approximate surface area is 187 Å². The Kier molecular flexibility index (Phi) is 5.79. The molecule has 8 nitrogen and oxygen atoms in total. The lowest BCUT2D eigenvalue weighted by Gasteiger charge is -2.27. The number of esters is 1. The number of ether oxygens (including phenoxy) is 2. The zero-order valence-corrected chi connectivity index (χ0v) is 17.5. The first-order valence-electron chi connectivity index (χ1n) is 9.66. The highest BCUT2D eigenvalue weighted by atomic mass is 35.5. The van der Waals surface area contributed by atoms with Crippen molar-refractivity contribution in [2.45, 2.75) is 18.9 Å². The molecule has 3 aromatic rings. The summed E-state index contributed by atoms with van der Waals surface area (Å²) in [6, 6.07) is 17.9. The number of non-ortho nitro benzene ring substituents is 1. The molecule has 1 heterocycles. The molecule has 0 aliphatic carbocycles. The smallest absolute Gasteiger partial charge is 0.318 e. The minimum absolute atomic E-state index is 0.0514. The predicted octanol–water partition coefficient (Wildman–Crippen LogP) is 5.06. The predicted molar refractivity (Wildman–Crippen MR) is 117 cm³/mol. The van der Waals surface area contributed by atoms with Gasteiger partial charge in [0.15, 0.2) is 6.10 Å². The fraction of sp³-hybridized carbons (Fsp3) is 0.130. The van der Waals surface area contributed by atoms with Crippen molar-refractivity contribution in [1.29, 1.82) is 0 Å². The number of anilines is 1. The normalized spacial score (nSPS) is 13.2. The van der Waals surface area contributed by atoms with Crippen LogP contribution >= 0.6 is 11.6 Å². The topological polar surface area (TPSA) is 108 Å². The third-order valence-electron chi connectivity index (χ3n) is 5.00. The van der Waals surface area contributed by atoms with E-state index in [1.165, 1.54) is 19.1 Å². The van der Waals surface area contributed by atoms with Crippen LogP contribution in [0, 0.1) is 10.1 Å². The summed E-state index contributed by atoms with van der Waals surface area (Å²) in [6.45, 7) is 1.41. The van der Waals surface area contributed by atoms with Crippen molar-refractivity contribution < 1.29 is 24.0 Å². The van der Waals surface area contributed by atoms with Crippen LogP contribution in [0.1, 0.15) is 24.0 Å². The summed E-state index contributed by atoms with van der Waals surface area (Å²) >= 11 is 6.03. The van der Waals surface area contributed by atoms with E-state index in [-0.39, 0.29) is 16.4 Å². The number of para-hydroxylation sites is 2. The highest BCUT2D eigenvalue weighted by Crippen LogP contribution is 2.44. The number of benzene rings is 3. The third-order valence-corrected chi connectivity index (χ3v) is 5.33. The number of hydrogen-bond donors (Lipinski definition) is 1. The Balaban J connectivity index is 1.54. The summed E-state index contributed by atoms with van der Waals surface area (Å²) in [5, 5.41) is 13.6. The van der Waals surface area contributed by atoms with Crippen LogP contribution in [0.3, 0.4) is 0 Å².